The molecule has 1 aromatic carbocycles. The Kier molecular flexibility index (Phi) is 5.35. The zero-order valence-corrected chi connectivity index (χ0v) is 15.9. The predicted octanol–water partition coefficient (Wildman–Crippen LogP) is 3.75. The van der Waals surface area contributed by atoms with Crippen LogP contribution in [0.15, 0.2) is 58.4 Å². The molecule has 7 nitrogen and oxygen atoms in total. The number of nitrogens with zero attached hydrogens (tertiary/aromatic N) is 1. The highest BCUT2D eigenvalue weighted by molar-refractivity contribution is 6.16. The quantitative estimate of drug-likeness (QED) is 0.792. The van der Waals surface area contributed by atoms with Crippen LogP contribution in [-0.4, -0.2) is 22.7 Å². The molecule has 0 aliphatic carbocycles. The molecule has 0 saturated carbocycles. The molecular weight excluding hydrogens is 360 g/mol. The maximum Gasteiger partial charge on any atom is 0.294 e. The van der Waals surface area contributed by atoms with Gasteiger partial charge in [-0.2, -0.15) is 0 Å². The van der Waals surface area contributed by atoms with Crippen LogP contribution in [0.4, 0.5) is 11.4 Å². The summed E-state index contributed by atoms with van der Waals surface area (Å²) < 4.78 is 5.48. The van der Waals surface area contributed by atoms with E-state index in [0.29, 0.717) is 17.1 Å². The summed E-state index contributed by atoms with van der Waals surface area (Å²) in [5.74, 6) is -1.37. The summed E-state index contributed by atoms with van der Waals surface area (Å²) in [4.78, 5) is 38.4. The summed E-state index contributed by atoms with van der Waals surface area (Å²) in [5, 5.41) is 13.2. The minimum atomic E-state index is -0.874. The number of aliphatic hydroxyl groups excluding tert-OH is 1. The summed E-state index contributed by atoms with van der Waals surface area (Å²) in [6.07, 6.45) is 1.65. The maximum absolute atomic E-state index is 12.9. The normalized spacial score (nSPS) is 16.8. The van der Waals surface area contributed by atoms with Gasteiger partial charge in [-0.25, -0.2) is 0 Å². The lowest BCUT2D eigenvalue weighted by molar-refractivity contribution is -0.118. The second-order valence-electron chi connectivity index (χ2n) is 7.11. The predicted molar refractivity (Wildman–Crippen MR) is 104 cm³/mol. The number of aliphatic hydroxyl groups is 1. The van der Waals surface area contributed by atoms with Crippen molar-refractivity contribution in [2.75, 3.05) is 10.2 Å². The van der Waals surface area contributed by atoms with Gasteiger partial charge in [0.25, 0.3) is 5.91 Å². The van der Waals surface area contributed by atoms with Gasteiger partial charge >= 0.3 is 0 Å². The number of ketones is 1. The average molecular weight is 382 g/mol. The van der Waals surface area contributed by atoms with E-state index in [1.165, 1.54) is 18.1 Å². The molecule has 1 unspecified atom stereocenters. The number of hydrogen-bond donors (Lipinski definition) is 2. The van der Waals surface area contributed by atoms with Crippen LogP contribution in [0.3, 0.4) is 0 Å². The summed E-state index contributed by atoms with van der Waals surface area (Å²) in [7, 11) is 0. The van der Waals surface area contributed by atoms with Crippen molar-refractivity contribution >= 4 is 29.0 Å². The lowest BCUT2D eigenvalue weighted by Gasteiger charge is -2.25. The standard InChI is InChI=1S/C21H22N2O5/c1-12(2)10-16(25)18-19(17-8-5-9-28-17)23(21(27)20(18)26)15-7-4-6-14(11-15)22-13(3)24/h4-9,11-12,19,26H,10H2,1-3H3,(H,22,24). The topological polar surface area (TPSA) is 99.9 Å². The summed E-state index contributed by atoms with van der Waals surface area (Å²) in [6, 6.07) is 9.08. The summed E-state index contributed by atoms with van der Waals surface area (Å²) in [6.45, 7) is 5.17. The van der Waals surface area contributed by atoms with Gasteiger partial charge in [-0.3, -0.25) is 19.3 Å². The SMILES string of the molecule is CC(=O)Nc1cccc(N2C(=O)C(O)=C(C(=O)CC(C)C)C2c2ccco2)c1. The summed E-state index contributed by atoms with van der Waals surface area (Å²) in [5.41, 5.74) is 0.951. The molecule has 2 heterocycles. The van der Waals surface area contributed by atoms with Gasteiger partial charge in [0.05, 0.1) is 11.8 Å². The Balaban J connectivity index is 2.08. The lowest BCUT2D eigenvalue weighted by atomic mass is 9.95. The first-order valence-corrected chi connectivity index (χ1v) is 9.00. The van der Waals surface area contributed by atoms with Gasteiger partial charge in [0.2, 0.25) is 5.91 Å². The highest BCUT2D eigenvalue weighted by Crippen LogP contribution is 2.42. The van der Waals surface area contributed by atoms with Crippen molar-refractivity contribution in [1.82, 2.24) is 0 Å². The Hall–Kier alpha value is -3.35. The van der Waals surface area contributed by atoms with Gasteiger partial charge < -0.3 is 14.8 Å². The first kappa shape index (κ1) is 19.4. The molecule has 3 rings (SSSR count). The van der Waals surface area contributed by atoms with E-state index in [1.807, 2.05) is 13.8 Å². The van der Waals surface area contributed by atoms with Crippen LogP contribution < -0.4 is 10.2 Å². The Morgan fingerprint density at radius 1 is 1.25 bits per heavy atom. The van der Waals surface area contributed by atoms with E-state index in [-0.39, 0.29) is 29.6 Å². The van der Waals surface area contributed by atoms with Crippen LogP contribution in [0.2, 0.25) is 0 Å². The minimum absolute atomic E-state index is 0.0265. The molecule has 2 amide bonds. The molecule has 0 saturated heterocycles. The van der Waals surface area contributed by atoms with Gasteiger partial charge in [0.1, 0.15) is 11.8 Å². The zero-order chi connectivity index (χ0) is 20.4. The van der Waals surface area contributed by atoms with E-state index < -0.39 is 17.7 Å². The van der Waals surface area contributed by atoms with Gasteiger partial charge in [0.15, 0.2) is 11.5 Å². The van der Waals surface area contributed by atoms with Gasteiger partial charge in [0, 0.05) is 24.7 Å². The fraction of sp³-hybridized carbons (Fsp3) is 0.286. The van der Waals surface area contributed by atoms with Crippen molar-refractivity contribution in [1.29, 1.82) is 0 Å². The Morgan fingerprint density at radius 2 is 2.00 bits per heavy atom. The molecule has 2 aromatic rings. The smallest absolute Gasteiger partial charge is 0.294 e. The van der Waals surface area contributed by atoms with E-state index >= 15 is 0 Å². The molecule has 2 N–H and O–H groups in total. The van der Waals surface area contributed by atoms with Gasteiger partial charge in [-0.05, 0) is 36.2 Å². The monoisotopic (exact) mass is 382 g/mol. The third-order valence-electron chi connectivity index (χ3n) is 4.36. The van der Waals surface area contributed by atoms with E-state index in [0.717, 1.165) is 0 Å². The third-order valence-corrected chi connectivity index (χ3v) is 4.36. The molecule has 0 radical (unpaired) electrons. The molecule has 1 aromatic heterocycles. The number of Topliss-reactive ketones (excluding diaryl/α,β-unsaturated/α-hetero) is 1. The largest absolute Gasteiger partial charge is 0.503 e. The molecule has 1 aliphatic rings. The van der Waals surface area contributed by atoms with Crippen LogP contribution in [0.1, 0.15) is 39.0 Å². The second-order valence-corrected chi connectivity index (χ2v) is 7.11. The van der Waals surface area contributed by atoms with Gasteiger partial charge in [-0.15, -0.1) is 0 Å². The number of hydrogen-bond acceptors (Lipinski definition) is 5. The number of benzene rings is 1. The number of amides is 2. The van der Waals surface area contributed by atoms with Crippen LogP contribution in [-0.2, 0) is 14.4 Å². The second kappa shape index (κ2) is 7.72. The van der Waals surface area contributed by atoms with Crippen molar-refractivity contribution in [3.05, 3.63) is 59.8 Å². The highest BCUT2D eigenvalue weighted by atomic mass is 16.3. The number of nitrogens with one attached hydrogen (secondary N) is 1. The van der Waals surface area contributed by atoms with Crippen LogP contribution in [0.5, 0.6) is 0 Å². The van der Waals surface area contributed by atoms with Crippen LogP contribution >= 0.6 is 0 Å². The molecule has 1 aliphatic heterocycles. The van der Waals surface area contributed by atoms with E-state index in [2.05, 4.69) is 5.32 Å². The maximum atomic E-state index is 12.9. The fourth-order valence-corrected chi connectivity index (χ4v) is 3.29. The molecule has 146 valence electrons. The van der Waals surface area contributed by atoms with Crippen molar-refractivity contribution in [3.8, 4) is 0 Å². The van der Waals surface area contributed by atoms with Crippen molar-refractivity contribution < 1.29 is 23.9 Å². The molecule has 7 heteroatoms. The molecule has 0 spiro atoms. The lowest BCUT2D eigenvalue weighted by Crippen LogP contribution is -2.31. The molecular formula is C21H22N2O5. The molecule has 0 bridgehead atoms. The third kappa shape index (κ3) is 3.69. The van der Waals surface area contributed by atoms with Crippen molar-refractivity contribution in [2.45, 2.75) is 33.2 Å². The number of anilines is 2. The number of furan rings is 1. The fourth-order valence-electron chi connectivity index (χ4n) is 3.29. The van der Waals surface area contributed by atoms with Gasteiger partial charge in [-0.1, -0.05) is 19.9 Å². The van der Waals surface area contributed by atoms with Crippen LogP contribution in [0, 0.1) is 5.92 Å². The molecule has 0 fully saturated rings. The Bertz CT molecular complexity index is 943. The van der Waals surface area contributed by atoms with Crippen molar-refractivity contribution in [3.63, 3.8) is 0 Å². The van der Waals surface area contributed by atoms with E-state index in [9.17, 15) is 19.5 Å². The van der Waals surface area contributed by atoms with E-state index in [1.54, 1.807) is 36.4 Å². The van der Waals surface area contributed by atoms with E-state index in [4.69, 9.17) is 4.42 Å². The first-order valence-electron chi connectivity index (χ1n) is 9.00. The zero-order valence-electron chi connectivity index (χ0n) is 15.9. The molecule has 1 atom stereocenters. The van der Waals surface area contributed by atoms with Crippen molar-refractivity contribution in [2.24, 2.45) is 5.92 Å². The number of rotatable bonds is 6. The number of carbonyl (C=O) groups is 3. The Morgan fingerprint density at radius 3 is 2.61 bits per heavy atom. The Labute approximate surface area is 162 Å². The highest BCUT2D eigenvalue weighted by Gasteiger charge is 2.45. The summed E-state index contributed by atoms with van der Waals surface area (Å²) >= 11 is 0. The molecule has 28 heavy (non-hydrogen) atoms. The number of carbonyl (C=O) groups excluding carboxylic acids is 3. The minimum Gasteiger partial charge on any atom is -0.503 e. The average Bonchev–Trinajstić information content (AvgIpc) is 3.21. The first-order chi connectivity index (χ1) is 13.3. The van der Waals surface area contributed by atoms with Crippen LogP contribution in [0.25, 0.3) is 0 Å².